The van der Waals surface area contributed by atoms with Crippen LogP contribution >= 0.6 is 11.6 Å². The highest BCUT2D eigenvalue weighted by Crippen LogP contribution is 2.37. The third kappa shape index (κ3) is 3.51. The van der Waals surface area contributed by atoms with Gasteiger partial charge in [-0.15, -0.1) is 0 Å². The molecule has 3 nitrogen and oxygen atoms in total. The van der Waals surface area contributed by atoms with Crippen molar-refractivity contribution in [2.24, 2.45) is 0 Å². The Morgan fingerprint density at radius 3 is 2.41 bits per heavy atom. The maximum Gasteiger partial charge on any atom is 0.180 e. The van der Waals surface area contributed by atoms with Crippen molar-refractivity contribution in [1.29, 1.82) is 0 Å². The minimum absolute atomic E-state index is 0.0681. The van der Waals surface area contributed by atoms with Crippen LogP contribution in [-0.4, -0.2) is 18.3 Å². The summed E-state index contributed by atoms with van der Waals surface area (Å²) >= 11 is 6.13. The Morgan fingerprint density at radius 2 is 1.94 bits per heavy atom. The van der Waals surface area contributed by atoms with Crippen molar-refractivity contribution < 1.29 is 14.6 Å². The van der Waals surface area contributed by atoms with E-state index in [1.807, 2.05) is 0 Å². The monoisotopic (exact) mass is 258 g/mol. The second-order valence-corrected chi connectivity index (χ2v) is 4.23. The highest BCUT2D eigenvalue weighted by atomic mass is 35.5. The quantitative estimate of drug-likeness (QED) is 0.850. The fraction of sp³-hybridized carbons (Fsp3) is 0.538. The molecule has 1 aromatic rings. The summed E-state index contributed by atoms with van der Waals surface area (Å²) in [6.45, 7) is 4.06. The Balaban J connectivity index is 3.04. The molecule has 1 N–H and O–H groups in total. The summed E-state index contributed by atoms with van der Waals surface area (Å²) in [5.41, 5.74) is 0.712. The molecule has 0 radical (unpaired) electrons. The first-order valence-electron chi connectivity index (χ1n) is 5.80. The smallest absolute Gasteiger partial charge is 0.180 e. The Bertz CT molecular complexity index is 362. The van der Waals surface area contributed by atoms with Gasteiger partial charge in [-0.2, -0.15) is 0 Å². The minimum atomic E-state index is -0.0681. The standard InChI is InChI=1S/C13H19ClO3/c1-4-10(5-2)17-13-11(14)6-9(8-15)7-12(13)16-3/h6-7,10,15H,4-5,8H2,1-3H3. The zero-order valence-corrected chi connectivity index (χ0v) is 11.3. The van der Waals surface area contributed by atoms with Crippen LogP contribution in [0.15, 0.2) is 12.1 Å². The van der Waals surface area contributed by atoms with Gasteiger partial charge in [0.05, 0.1) is 24.8 Å². The molecule has 0 aliphatic heterocycles. The molecule has 0 atom stereocenters. The lowest BCUT2D eigenvalue weighted by Crippen LogP contribution is -2.14. The van der Waals surface area contributed by atoms with Crippen LogP contribution in [0.5, 0.6) is 11.5 Å². The van der Waals surface area contributed by atoms with Crippen molar-refractivity contribution in [2.45, 2.75) is 39.4 Å². The summed E-state index contributed by atoms with van der Waals surface area (Å²) in [4.78, 5) is 0. The van der Waals surface area contributed by atoms with E-state index >= 15 is 0 Å². The molecular formula is C13H19ClO3. The summed E-state index contributed by atoms with van der Waals surface area (Å²) < 4.78 is 11.1. The lowest BCUT2D eigenvalue weighted by atomic mass is 10.2. The topological polar surface area (TPSA) is 38.7 Å². The Labute approximate surface area is 107 Å². The number of halogens is 1. The summed E-state index contributed by atoms with van der Waals surface area (Å²) in [7, 11) is 1.56. The van der Waals surface area contributed by atoms with Crippen LogP contribution in [0.2, 0.25) is 5.02 Å². The molecule has 0 spiro atoms. The van der Waals surface area contributed by atoms with E-state index in [4.69, 9.17) is 26.2 Å². The van der Waals surface area contributed by atoms with Gasteiger partial charge in [0.25, 0.3) is 0 Å². The predicted octanol–water partition coefficient (Wildman–Crippen LogP) is 3.41. The van der Waals surface area contributed by atoms with Crippen LogP contribution in [0, 0.1) is 0 Å². The first-order valence-corrected chi connectivity index (χ1v) is 6.17. The van der Waals surface area contributed by atoms with E-state index in [2.05, 4.69) is 13.8 Å². The molecule has 0 aromatic heterocycles. The number of aliphatic hydroxyl groups is 1. The van der Waals surface area contributed by atoms with Gasteiger partial charge in [0.2, 0.25) is 0 Å². The number of rotatable bonds is 6. The molecular weight excluding hydrogens is 240 g/mol. The number of hydrogen-bond donors (Lipinski definition) is 1. The Kier molecular flexibility index (Phi) is 5.59. The molecule has 4 heteroatoms. The lowest BCUT2D eigenvalue weighted by Gasteiger charge is -2.19. The second kappa shape index (κ2) is 6.72. The summed E-state index contributed by atoms with van der Waals surface area (Å²) in [6, 6.07) is 3.44. The summed E-state index contributed by atoms with van der Waals surface area (Å²) in [6.07, 6.45) is 1.96. The fourth-order valence-electron chi connectivity index (χ4n) is 1.60. The summed E-state index contributed by atoms with van der Waals surface area (Å²) in [5, 5.41) is 9.56. The van der Waals surface area contributed by atoms with Crippen molar-refractivity contribution in [3.8, 4) is 11.5 Å². The largest absolute Gasteiger partial charge is 0.493 e. The van der Waals surface area contributed by atoms with Crippen LogP contribution in [0.3, 0.4) is 0 Å². The van der Waals surface area contributed by atoms with Gasteiger partial charge in [0.15, 0.2) is 11.5 Å². The van der Waals surface area contributed by atoms with E-state index in [1.165, 1.54) is 0 Å². The molecule has 1 aromatic carbocycles. The van der Waals surface area contributed by atoms with Crippen molar-refractivity contribution >= 4 is 11.6 Å². The van der Waals surface area contributed by atoms with Crippen molar-refractivity contribution in [2.75, 3.05) is 7.11 Å². The van der Waals surface area contributed by atoms with E-state index in [0.717, 1.165) is 12.8 Å². The third-order valence-electron chi connectivity index (χ3n) is 2.67. The van der Waals surface area contributed by atoms with Gasteiger partial charge >= 0.3 is 0 Å². The first kappa shape index (κ1) is 14.1. The molecule has 96 valence electrons. The molecule has 0 fully saturated rings. The van der Waals surface area contributed by atoms with E-state index in [1.54, 1.807) is 19.2 Å². The van der Waals surface area contributed by atoms with Crippen LogP contribution in [0.25, 0.3) is 0 Å². The average molecular weight is 259 g/mol. The predicted molar refractivity (Wildman–Crippen MR) is 68.9 cm³/mol. The van der Waals surface area contributed by atoms with Crippen molar-refractivity contribution in [1.82, 2.24) is 0 Å². The Hall–Kier alpha value is -0.930. The van der Waals surface area contributed by atoms with Crippen LogP contribution < -0.4 is 9.47 Å². The van der Waals surface area contributed by atoms with E-state index in [0.29, 0.717) is 22.1 Å². The van der Waals surface area contributed by atoms with Gasteiger partial charge in [-0.05, 0) is 30.5 Å². The second-order valence-electron chi connectivity index (χ2n) is 3.82. The number of aliphatic hydroxyl groups excluding tert-OH is 1. The van der Waals surface area contributed by atoms with Gasteiger partial charge < -0.3 is 14.6 Å². The summed E-state index contributed by atoms with van der Waals surface area (Å²) in [5.74, 6) is 1.12. The van der Waals surface area contributed by atoms with Gasteiger partial charge in [-0.3, -0.25) is 0 Å². The number of ether oxygens (including phenoxy) is 2. The molecule has 0 amide bonds. The highest BCUT2D eigenvalue weighted by Gasteiger charge is 2.15. The number of benzene rings is 1. The molecule has 0 aliphatic carbocycles. The normalized spacial score (nSPS) is 10.7. The molecule has 0 unspecified atom stereocenters. The van der Waals surface area contributed by atoms with Gasteiger partial charge in [0, 0.05) is 0 Å². The van der Waals surface area contributed by atoms with Crippen LogP contribution in [0.1, 0.15) is 32.3 Å². The van der Waals surface area contributed by atoms with E-state index in [-0.39, 0.29) is 12.7 Å². The molecule has 17 heavy (non-hydrogen) atoms. The van der Waals surface area contributed by atoms with Gasteiger partial charge in [-0.1, -0.05) is 25.4 Å². The van der Waals surface area contributed by atoms with E-state index in [9.17, 15) is 0 Å². The molecule has 0 saturated carbocycles. The zero-order chi connectivity index (χ0) is 12.8. The number of hydrogen-bond acceptors (Lipinski definition) is 3. The highest BCUT2D eigenvalue weighted by molar-refractivity contribution is 6.32. The third-order valence-corrected chi connectivity index (χ3v) is 2.95. The lowest BCUT2D eigenvalue weighted by molar-refractivity contribution is 0.185. The zero-order valence-electron chi connectivity index (χ0n) is 10.5. The van der Waals surface area contributed by atoms with Crippen molar-refractivity contribution in [3.63, 3.8) is 0 Å². The van der Waals surface area contributed by atoms with Gasteiger partial charge in [0.1, 0.15) is 0 Å². The molecule has 0 aliphatic rings. The Morgan fingerprint density at radius 1 is 1.29 bits per heavy atom. The first-order chi connectivity index (χ1) is 8.15. The average Bonchev–Trinajstić information content (AvgIpc) is 2.36. The minimum Gasteiger partial charge on any atom is -0.493 e. The van der Waals surface area contributed by atoms with Crippen molar-refractivity contribution in [3.05, 3.63) is 22.7 Å². The molecule has 0 heterocycles. The molecule has 0 bridgehead atoms. The number of methoxy groups -OCH3 is 1. The SMILES string of the molecule is CCC(CC)Oc1c(Cl)cc(CO)cc1OC. The van der Waals surface area contributed by atoms with Crippen LogP contribution in [-0.2, 0) is 6.61 Å². The maximum absolute atomic E-state index is 9.09. The van der Waals surface area contributed by atoms with Crippen LogP contribution in [0.4, 0.5) is 0 Å². The molecule has 0 saturated heterocycles. The fourth-order valence-corrected chi connectivity index (χ4v) is 1.88. The van der Waals surface area contributed by atoms with Gasteiger partial charge in [-0.25, -0.2) is 0 Å². The van der Waals surface area contributed by atoms with E-state index < -0.39 is 0 Å². The maximum atomic E-state index is 9.09. The molecule has 1 rings (SSSR count).